The van der Waals surface area contributed by atoms with Crippen LogP contribution in [0.5, 0.6) is 0 Å². The van der Waals surface area contributed by atoms with Crippen LogP contribution in [0.15, 0.2) is 72.9 Å². The Kier molecular flexibility index (Phi) is 47.1. The number of aliphatic hydroxyl groups excluding tert-OH is 5. The van der Waals surface area contributed by atoms with Crippen molar-refractivity contribution in [1.82, 2.24) is 5.32 Å². The summed E-state index contributed by atoms with van der Waals surface area (Å²) >= 11 is 0. The maximum Gasteiger partial charge on any atom is 0.220 e. The van der Waals surface area contributed by atoms with Crippen molar-refractivity contribution in [2.24, 2.45) is 0 Å². The Labute approximate surface area is 429 Å². The van der Waals surface area contributed by atoms with E-state index in [1.165, 1.54) is 154 Å². The molecule has 1 saturated heterocycles. The minimum Gasteiger partial charge on any atom is -0.394 e. The summed E-state index contributed by atoms with van der Waals surface area (Å²) in [6.45, 7) is 3.65. The van der Waals surface area contributed by atoms with Crippen LogP contribution in [0.25, 0.3) is 0 Å². The molecule has 0 radical (unpaired) electrons. The molecule has 1 rings (SSSR count). The van der Waals surface area contributed by atoms with Crippen molar-refractivity contribution in [3.8, 4) is 0 Å². The lowest BCUT2D eigenvalue weighted by Crippen LogP contribution is -2.60. The number of nitrogens with one attached hydrogen (secondary N) is 1. The Bertz CT molecular complexity index is 1330. The lowest BCUT2D eigenvalue weighted by atomic mass is 9.99. The molecule has 0 aromatic rings. The standard InChI is InChI=1S/C61H109NO8/c1-3-5-7-9-11-13-15-17-19-21-22-23-24-25-26-27-28-29-30-31-32-33-35-36-38-40-42-44-46-48-50-55(64)54(53-69-61-60(68)59(67)58(66)56(52-63)70-61)62-57(65)51-49-47-45-43-41-39-37-34-20-18-16-14-12-10-8-6-4-2/h6,8,12,14,18,20,37,39-40,42,48,50,54-56,58-61,63-64,66-68H,3-5,7,9-11,13,15-17,19,21-36,38,41,43-47,49,51-53H2,1-2H3,(H,62,65)/b8-6-,14-12-,20-18-,39-37-,42-40+,50-48+. The maximum atomic E-state index is 13.0. The van der Waals surface area contributed by atoms with E-state index in [2.05, 4.69) is 79.9 Å². The van der Waals surface area contributed by atoms with E-state index < -0.39 is 49.5 Å². The Hall–Kier alpha value is -2.37. The molecule has 70 heavy (non-hydrogen) atoms. The van der Waals surface area contributed by atoms with Gasteiger partial charge in [-0.3, -0.25) is 4.79 Å². The van der Waals surface area contributed by atoms with Gasteiger partial charge >= 0.3 is 0 Å². The molecular weight excluding hydrogens is 875 g/mol. The van der Waals surface area contributed by atoms with Gasteiger partial charge in [0.15, 0.2) is 6.29 Å². The van der Waals surface area contributed by atoms with Crippen molar-refractivity contribution in [3.63, 3.8) is 0 Å². The van der Waals surface area contributed by atoms with Crippen molar-refractivity contribution in [2.75, 3.05) is 13.2 Å². The van der Waals surface area contributed by atoms with Crippen LogP contribution in [0.2, 0.25) is 0 Å². The molecule has 1 fully saturated rings. The largest absolute Gasteiger partial charge is 0.394 e. The molecule has 9 nitrogen and oxygen atoms in total. The lowest BCUT2D eigenvalue weighted by molar-refractivity contribution is -0.302. The highest BCUT2D eigenvalue weighted by Crippen LogP contribution is 2.23. The molecule has 6 N–H and O–H groups in total. The maximum absolute atomic E-state index is 13.0. The Morgan fingerprint density at radius 3 is 1.37 bits per heavy atom. The van der Waals surface area contributed by atoms with Crippen LogP contribution in [-0.2, 0) is 14.3 Å². The number of ether oxygens (including phenoxy) is 2. The van der Waals surface area contributed by atoms with Gasteiger partial charge in [0.1, 0.15) is 24.4 Å². The number of rotatable bonds is 49. The first-order valence-corrected chi connectivity index (χ1v) is 29.2. The highest BCUT2D eigenvalue weighted by molar-refractivity contribution is 5.76. The molecule has 0 saturated carbocycles. The topological polar surface area (TPSA) is 149 Å². The Morgan fingerprint density at radius 2 is 0.900 bits per heavy atom. The van der Waals surface area contributed by atoms with Gasteiger partial charge in [-0.1, -0.05) is 247 Å². The fraction of sp³-hybridized carbons (Fsp3) is 0.787. The predicted octanol–water partition coefficient (Wildman–Crippen LogP) is 14.5. The van der Waals surface area contributed by atoms with Gasteiger partial charge in [0.25, 0.3) is 0 Å². The van der Waals surface area contributed by atoms with Gasteiger partial charge in [-0.05, 0) is 70.6 Å². The van der Waals surface area contributed by atoms with Gasteiger partial charge in [0, 0.05) is 6.42 Å². The van der Waals surface area contributed by atoms with Gasteiger partial charge in [0.2, 0.25) is 5.91 Å². The molecule has 7 unspecified atom stereocenters. The number of unbranched alkanes of at least 4 members (excludes halogenated alkanes) is 29. The number of carbonyl (C=O) groups is 1. The van der Waals surface area contributed by atoms with E-state index in [0.29, 0.717) is 6.42 Å². The van der Waals surface area contributed by atoms with Gasteiger partial charge in [-0.2, -0.15) is 0 Å². The number of hydrogen-bond acceptors (Lipinski definition) is 8. The summed E-state index contributed by atoms with van der Waals surface area (Å²) in [7, 11) is 0. The fourth-order valence-electron chi connectivity index (χ4n) is 8.93. The van der Waals surface area contributed by atoms with Gasteiger partial charge < -0.3 is 40.3 Å². The number of allylic oxidation sites excluding steroid dienone is 11. The average Bonchev–Trinajstić information content (AvgIpc) is 3.36. The van der Waals surface area contributed by atoms with Crippen LogP contribution in [-0.4, -0.2) is 87.5 Å². The molecule has 1 heterocycles. The fourth-order valence-corrected chi connectivity index (χ4v) is 8.93. The lowest BCUT2D eigenvalue weighted by Gasteiger charge is -2.40. The number of aliphatic hydroxyl groups is 5. The molecule has 9 heteroatoms. The van der Waals surface area contributed by atoms with Crippen LogP contribution < -0.4 is 5.32 Å². The molecule has 0 aliphatic carbocycles. The highest BCUT2D eigenvalue weighted by atomic mass is 16.7. The van der Waals surface area contributed by atoms with E-state index in [4.69, 9.17) is 9.47 Å². The van der Waals surface area contributed by atoms with Crippen molar-refractivity contribution >= 4 is 5.91 Å². The molecule has 0 bridgehead atoms. The molecule has 0 spiro atoms. The second-order valence-corrected chi connectivity index (χ2v) is 20.0. The monoisotopic (exact) mass is 984 g/mol. The van der Waals surface area contributed by atoms with Gasteiger partial charge in [-0.15, -0.1) is 0 Å². The summed E-state index contributed by atoms with van der Waals surface area (Å²) in [6.07, 6.45) is 62.7. The van der Waals surface area contributed by atoms with E-state index in [1.807, 2.05) is 6.08 Å². The van der Waals surface area contributed by atoms with Crippen molar-refractivity contribution in [2.45, 2.75) is 294 Å². The number of carbonyl (C=O) groups excluding carboxylic acids is 1. The van der Waals surface area contributed by atoms with Crippen molar-refractivity contribution in [1.29, 1.82) is 0 Å². The van der Waals surface area contributed by atoms with E-state index in [1.54, 1.807) is 6.08 Å². The molecule has 1 aliphatic rings. The molecule has 0 aromatic heterocycles. The van der Waals surface area contributed by atoms with Crippen LogP contribution in [0, 0.1) is 0 Å². The molecule has 406 valence electrons. The van der Waals surface area contributed by atoms with E-state index in [-0.39, 0.29) is 12.5 Å². The van der Waals surface area contributed by atoms with Gasteiger partial charge in [-0.25, -0.2) is 0 Å². The minimum atomic E-state index is -1.58. The Balaban J connectivity index is 2.23. The van der Waals surface area contributed by atoms with Crippen molar-refractivity contribution in [3.05, 3.63) is 72.9 Å². The summed E-state index contributed by atoms with van der Waals surface area (Å²) in [5.74, 6) is -0.211. The van der Waals surface area contributed by atoms with Crippen LogP contribution in [0.4, 0.5) is 0 Å². The summed E-state index contributed by atoms with van der Waals surface area (Å²) in [4.78, 5) is 13.0. The first kappa shape index (κ1) is 65.6. The molecule has 1 amide bonds. The minimum absolute atomic E-state index is 0.211. The normalized spacial score (nSPS) is 19.9. The molecule has 7 atom stereocenters. The number of amides is 1. The van der Waals surface area contributed by atoms with E-state index in [9.17, 15) is 30.3 Å². The average molecular weight is 985 g/mol. The summed E-state index contributed by atoms with van der Waals surface area (Å²) in [5, 5.41) is 54.4. The third-order valence-corrected chi connectivity index (χ3v) is 13.5. The summed E-state index contributed by atoms with van der Waals surface area (Å²) in [6, 6.07) is -0.839. The van der Waals surface area contributed by atoms with Crippen molar-refractivity contribution < 1.29 is 39.8 Å². The zero-order valence-corrected chi connectivity index (χ0v) is 45.0. The van der Waals surface area contributed by atoms with Gasteiger partial charge in [0.05, 0.1) is 25.4 Å². The van der Waals surface area contributed by atoms with Crippen LogP contribution >= 0.6 is 0 Å². The zero-order chi connectivity index (χ0) is 50.8. The molecular formula is C61H109NO8. The van der Waals surface area contributed by atoms with E-state index in [0.717, 1.165) is 77.0 Å². The predicted molar refractivity (Wildman–Crippen MR) is 295 cm³/mol. The van der Waals surface area contributed by atoms with Crippen LogP contribution in [0.1, 0.15) is 251 Å². The number of hydrogen-bond donors (Lipinski definition) is 6. The third-order valence-electron chi connectivity index (χ3n) is 13.5. The first-order valence-electron chi connectivity index (χ1n) is 29.2. The second kappa shape index (κ2) is 50.2. The van der Waals surface area contributed by atoms with E-state index >= 15 is 0 Å². The highest BCUT2D eigenvalue weighted by Gasteiger charge is 2.44. The molecule has 0 aromatic carbocycles. The second-order valence-electron chi connectivity index (χ2n) is 20.0. The third kappa shape index (κ3) is 39.2. The zero-order valence-electron chi connectivity index (χ0n) is 45.0. The summed E-state index contributed by atoms with van der Waals surface area (Å²) in [5.41, 5.74) is 0. The van der Waals surface area contributed by atoms with Crippen LogP contribution in [0.3, 0.4) is 0 Å². The smallest absolute Gasteiger partial charge is 0.220 e. The summed E-state index contributed by atoms with van der Waals surface area (Å²) < 4.78 is 11.2. The Morgan fingerprint density at radius 1 is 0.500 bits per heavy atom. The first-order chi connectivity index (χ1) is 34.3. The quantitative estimate of drug-likeness (QED) is 0.0261. The molecule has 1 aliphatic heterocycles. The SMILES string of the molecule is CC/C=C\C/C=C\C/C=C\C/C=C\CCCCCCC(=O)NC(COC1OC(CO)C(O)C(O)C1O)C(O)/C=C/CC/C=C/CCCCCCCCCCCCCCCCCCCCCCCCCC.